The van der Waals surface area contributed by atoms with Gasteiger partial charge in [0.05, 0.1) is 15.8 Å². The molecular weight excluding hydrogens is 309 g/mol. The number of amides is 1. The third-order valence-electron chi connectivity index (χ3n) is 2.81. The van der Waals surface area contributed by atoms with Crippen LogP contribution in [0.25, 0.3) is 0 Å². The van der Waals surface area contributed by atoms with Crippen LogP contribution in [0.2, 0.25) is 10.0 Å². The van der Waals surface area contributed by atoms with Crippen molar-refractivity contribution in [3.05, 3.63) is 63.6 Å². The van der Waals surface area contributed by atoms with Crippen LogP contribution in [0.1, 0.15) is 22.8 Å². The largest absolute Gasteiger partial charge is 0.399 e. The summed E-state index contributed by atoms with van der Waals surface area (Å²) in [6, 6.07) is 11.9. The van der Waals surface area contributed by atoms with Crippen molar-refractivity contribution >= 4 is 40.5 Å². The monoisotopic (exact) mass is 321 g/mol. The van der Waals surface area contributed by atoms with Gasteiger partial charge in [-0.05, 0) is 42.8 Å². The lowest BCUT2D eigenvalue weighted by Crippen LogP contribution is -2.19. The average Bonchev–Trinajstić information content (AvgIpc) is 2.47. The first-order valence-electron chi connectivity index (χ1n) is 6.13. The lowest BCUT2D eigenvalue weighted by atomic mass is 10.1. The molecule has 0 bridgehead atoms. The van der Waals surface area contributed by atoms with E-state index in [1.54, 1.807) is 31.2 Å². The van der Waals surface area contributed by atoms with Gasteiger partial charge in [-0.25, -0.2) is 5.43 Å². The van der Waals surface area contributed by atoms with Crippen LogP contribution in [0.15, 0.2) is 47.6 Å². The Kier molecular flexibility index (Phi) is 4.83. The Balaban J connectivity index is 2.12. The molecule has 0 saturated carbocycles. The summed E-state index contributed by atoms with van der Waals surface area (Å²) in [6.07, 6.45) is 0. The third kappa shape index (κ3) is 3.97. The van der Waals surface area contributed by atoms with Crippen LogP contribution in [0, 0.1) is 0 Å². The van der Waals surface area contributed by atoms with Crippen molar-refractivity contribution in [2.75, 3.05) is 5.73 Å². The zero-order chi connectivity index (χ0) is 15.4. The highest BCUT2D eigenvalue weighted by Crippen LogP contribution is 2.22. The summed E-state index contributed by atoms with van der Waals surface area (Å²) >= 11 is 11.7. The van der Waals surface area contributed by atoms with E-state index in [4.69, 9.17) is 28.9 Å². The lowest BCUT2D eigenvalue weighted by Gasteiger charge is -2.04. The van der Waals surface area contributed by atoms with Crippen molar-refractivity contribution < 1.29 is 4.79 Å². The van der Waals surface area contributed by atoms with Crippen LogP contribution in [0.4, 0.5) is 5.69 Å². The van der Waals surface area contributed by atoms with Gasteiger partial charge in [-0.1, -0.05) is 35.3 Å². The number of hydrazone groups is 1. The van der Waals surface area contributed by atoms with E-state index in [0.717, 1.165) is 5.56 Å². The van der Waals surface area contributed by atoms with Gasteiger partial charge in [0, 0.05) is 11.3 Å². The maximum Gasteiger partial charge on any atom is 0.271 e. The minimum atomic E-state index is -0.364. The van der Waals surface area contributed by atoms with E-state index in [0.29, 0.717) is 27.0 Å². The van der Waals surface area contributed by atoms with Gasteiger partial charge < -0.3 is 5.73 Å². The lowest BCUT2D eigenvalue weighted by molar-refractivity contribution is 0.0955. The molecule has 0 radical (unpaired) electrons. The van der Waals surface area contributed by atoms with Gasteiger partial charge in [0.25, 0.3) is 5.91 Å². The fraction of sp³-hybridized carbons (Fsp3) is 0.0667. The molecule has 0 aliphatic heterocycles. The average molecular weight is 322 g/mol. The van der Waals surface area contributed by atoms with Crippen LogP contribution in [-0.4, -0.2) is 11.6 Å². The highest BCUT2D eigenvalue weighted by molar-refractivity contribution is 6.42. The molecule has 6 heteroatoms. The predicted octanol–water partition coefficient (Wildman–Crippen LogP) is 3.73. The van der Waals surface area contributed by atoms with Crippen molar-refractivity contribution in [3.63, 3.8) is 0 Å². The first-order valence-corrected chi connectivity index (χ1v) is 6.88. The van der Waals surface area contributed by atoms with Crippen LogP contribution >= 0.6 is 23.2 Å². The van der Waals surface area contributed by atoms with Crippen LogP contribution in [0.3, 0.4) is 0 Å². The molecule has 0 aliphatic rings. The van der Waals surface area contributed by atoms with Gasteiger partial charge in [0.2, 0.25) is 0 Å². The number of nitrogen functional groups attached to an aromatic ring is 1. The molecule has 2 rings (SSSR count). The maximum atomic E-state index is 12.0. The first kappa shape index (κ1) is 15.4. The summed E-state index contributed by atoms with van der Waals surface area (Å²) < 4.78 is 0. The molecule has 108 valence electrons. The smallest absolute Gasteiger partial charge is 0.271 e. The summed E-state index contributed by atoms with van der Waals surface area (Å²) in [6.45, 7) is 1.78. The molecule has 21 heavy (non-hydrogen) atoms. The topological polar surface area (TPSA) is 67.5 Å². The van der Waals surface area contributed by atoms with Gasteiger partial charge >= 0.3 is 0 Å². The molecule has 1 amide bonds. The minimum absolute atomic E-state index is 0.320. The number of nitrogens with zero attached hydrogens (tertiary/aromatic N) is 1. The zero-order valence-corrected chi connectivity index (χ0v) is 12.7. The van der Waals surface area contributed by atoms with Gasteiger partial charge in [-0.3, -0.25) is 4.79 Å². The van der Waals surface area contributed by atoms with Crippen LogP contribution < -0.4 is 11.2 Å². The van der Waals surface area contributed by atoms with Crippen LogP contribution in [0.5, 0.6) is 0 Å². The van der Waals surface area contributed by atoms with E-state index in [9.17, 15) is 4.79 Å². The van der Waals surface area contributed by atoms with E-state index in [2.05, 4.69) is 10.5 Å². The summed E-state index contributed by atoms with van der Waals surface area (Å²) in [4.78, 5) is 12.0. The second kappa shape index (κ2) is 6.61. The van der Waals surface area contributed by atoms with E-state index in [1.807, 2.05) is 12.1 Å². The molecular formula is C15H13Cl2N3O. The Morgan fingerprint density at radius 2 is 1.86 bits per heavy atom. The standard InChI is InChI=1S/C15H13Cl2N3O/c1-9(10-3-2-4-12(18)7-10)19-20-15(21)11-5-6-13(16)14(17)8-11/h2-8H,18H2,1H3,(H,20,21)/b19-9+. The second-order valence-electron chi connectivity index (χ2n) is 4.39. The van der Waals surface area contributed by atoms with Crippen LogP contribution in [-0.2, 0) is 0 Å². The molecule has 0 saturated heterocycles. The van der Waals surface area contributed by atoms with Crippen molar-refractivity contribution in [1.82, 2.24) is 5.43 Å². The van der Waals surface area contributed by atoms with Crippen molar-refractivity contribution in [1.29, 1.82) is 0 Å². The van der Waals surface area contributed by atoms with E-state index >= 15 is 0 Å². The molecule has 0 aromatic heterocycles. The number of hydrogen-bond acceptors (Lipinski definition) is 3. The maximum absolute atomic E-state index is 12.0. The molecule has 4 nitrogen and oxygen atoms in total. The number of halogens is 2. The number of nitrogens with two attached hydrogens (primary N) is 1. The molecule has 0 aliphatic carbocycles. The summed E-state index contributed by atoms with van der Waals surface area (Å²) in [5.41, 5.74) is 10.7. The number of nitrogens with one attached hydrogen (secondary N) is 1. The Morgan fingerprint density at radius 1 is 1.10 bits per heavy atom. The minimum Gasteiger partial charge on any atom is -0.399 e. The number of carbonyl (C=O) groups is 1. The summed E-state index contributed by atoms with van der Waals surface area (Å²) in [5.74, 6) is -0.364. The zero-order valence-electron chi connectivity index (χ0n) is 11.2. The van der Waals surface area contributed by atoms with E-state index in [-0.39, 0.29) is 5.91 Å². The number of hydrogen-bond donors (Lipinski definition) is 2. The molecule has 0 fully saturated rings. The second-order valence-corrected chi connectivity index (χ2v) is 5.21. The van der Waals surface area contributed by atoms with E-state index < -0.39 is 0 Å². The fourth-order valence-electron chi connectivity index (χ4n) is 1.66. The van der Waals surface area contributed by atoms with Gasteiger partial charge in [0.1, 0.15) is 0 Å². The predicted molar refractivity (Wildman–Crippen MR) is 87.0 cm³/mol. The Hall–Kier alpha value is -2.04. The number of rotatable bonds is 3. The third-order valence-corrected chi connectivity index (χ3v) is 3.55. The number of benzene rings is 2. The van der Waals surface area contributed by atoms with Gasteiger partial charge in [-0.15, -0.1) is 0 Å². The molecule has 2 aromatic carbocycles. The van der Waals surface area contributed by atoms with Gasteiger partial charge in [0.15, 0.2) is 0 Å². The summed E-state index contributed by atoms with van der Waals surface area (Å²) in [7, 11) is 0. The van der Waals surface area contributed by atoms with Crippen molar-refractivity contribution in [2.45, 2.75) is 6.92 Å². The van der Waals surface area contributed by atoms with Crippen molar-refractivity contribution in [3.8, 4) is 0 Å². The van der Waals surface area contributed by atoms with Crippen molar-refractivity contribution in [2.24, 2.45) is 5.10 Å². The molecule has 0 atom stereocenters. The Bertz CT molecular complexity index is 714. The Morgan fingerprint density at radius 3 is 2.52 bits per heavy atom. The molecule has 3 N–H and O–H groups in total. The van der Waals surface area contributed by atoms with E-state index in [1.165, 1.54) is 6.07 Å². The first-order chi connectivity index (χ1) is 9.97. The fourth-order valence-corrected chi connectivity index (χ4v) is 1.96. The normalized spacial score (nSPS) is 11.3. The Labute approximate surface area is 132 Å². The number of carbonyl (C=O) groups excluding carboxylic acids is 1. The quantitative estimate of drug-likeness (QED) is 0.514. The molecule has 0 spiro atoms. The van der Waals surface area contributed by atoms with Gasteiger partial charge in [-0.2, -0.15) is 5.10 Å². The summed E-state index contributed by atoms with van der Waals surface area (Å²) in [5, 5.41) is 4.77. The highest BCUT2D eigenvalue weighted by Gasteiger charge is 2.07. The molecule has 0 heterocycles. The molecule has 2 aromatic rings. The molecule has 0 unspecified atom stereocenters. The SMILES string of the molecule is C/C(=N\NC(=O)c1ccc(Cl)c(Cl)c1)c1cccc(N)c1. The highest BCUT2D eigenvalue weighted by atomic mass is 35.5. The number of anilines is 1.